The second-order valence-electron chi connectivity index (χ2n) is 5.67. The number of thiophene rings is 1. The molecule has 0 aliphatic heterocycles. The van der Waals surface area contributed by atoms with Crippen molar-refractivity contribution in [2.24, 2.45) is 5.73 Å². The molecule has 1 aliphatic rings. The van der Waals surface area contributed by atoms with Crippen LogP contribution in [0.4, 0.5) is 10.7 Å². The van der Waals surface area contributed by atoms with Crippen molar-refractivity contribution in [3.63, 3.8) is 0 Å². The van der Waals surface area contributed by atoms with E-state index in [-0.39, 0.29) is 0 Å². The van der Waals surface area contributed by atoms with Crippen LogP contribution in [0, 0.1) is 0 Å². The van der Waals surface area contributed by atoms with Crippen LogP contribution in [0.3, 0.4) is 0 Å². The summed E-state index contributed by atoms with van der Waals surface area (Å²) in [6.45, 7) is -0.454. The number of hydrogen-bond acceptors (Lipinski definition) is 6. The van der Waals surface area contributed by atoms with Gasteiger partial charge in [-0.1, -0.05) is 0 Å². The van der Waals surface area contributed by atoms with Gasteiger partial charge in [0.25, 0.3) is 11.8 Å². The first-order valence-corrected chi connectivity index (χ1v) is 8.54. The average molecular weight is 359 g/mol. The number of esters is 1. The fourth-order valence-electron chi connectivity index (χ4n) is 2.75. The number of ether oxygens (including phenoxy) is 1. The number of nitrogen functional groups attached to an aromatic ring is 1. The molecule has 0 fully saturated rings. The number of fused-ring (bicyclic) bond motifs is 1. The average Bonchev–Trinajstić information content (AvgIpc) is 3.13. The molecule has 5 N–H and O–H groups in total. The molecule has 25 heavy (non-hydrogen) atoms. The first-order chi connectivity index (χ1) is 12.0. The molecule has 0 atom stereocenters. The van der Waals surface area contributed by atoms with Crippen molar-refractivity contribution < 1.29 is 19.1 Å². The topological polar surface area (TPSA) is 125 Å². The van der Waals surface area contributed by atoms with Gasteiger partial charge < -0.3 is 21.5 Å². The molecule has 0 bridgehead atoms. The van der Waals surface area contributed by atoms with Gasteiger partial charge in [-0.15, -0.1) is 11.3 Å². The molecule has 1 aliphatic carbocycles. The number of primary amides is 1. The third-order valence-electron chi connectivity index (χ3n) is 3.90. The van der Waals surface area contributed by atoms with Crippen LogP contribution in [0.2, 0.25) is 0 Å². The van der Waals surface area contributed by atoms with Gasteiger partial charge in [-0.25, -0.2) is 4.79 Å². The second kappa shape index (κ2) is 6.94. The number of amides is 2. The van der Waals surface area contributed by atoms with Gasteiger partial charge in [0.2, 0.25) is 0 Å². The van der Waals surface area contributed by atoms with Crippen LogP contribution in [0.25, 0.3) is 0 Å². The van der Waals surface area contributed by atoms with Crippen LogP contribution >= 0.6 is 11.3 Å². The molecule has 1 heterocycles. The fourth-order valence-corrected chi connectivity index (χ4v) is 4.06. The predicted octanol–water partition coefficient (Wildman–Crippen LogP) is 1.71. The minimum Gasteiger partial charge on any atom is -0.452 e. The lowest BCUT2D eigenvalue weighted by Gasteiger charge is -2.07. The van der Waals surface area contributed by atoms with Crippen molar-refractivity contribution in [1.29, 1.82) is 0 Å². The second-order valence-corrected chi connectivity index (χ2v) is 6.78. The minimum atomic E-state index is -0.626. The van der Waals surface area contributed by atoms with Gasteiger partial charge in [0, 0.05) is 10.6 Å². The molecule has 0 unspecified atom stereocenters. The van der Waals surface area contributed by atoms with Crippen LogP contribution in [0.15, 0.2) is 24.3 Å². The number of nitrogens with two attached hydrogens (primary N) is 2. The lowest BCUT2D eigenvalue weighted by Crippen LogP contribution is -2.22. The standard InChI is InChI=1S/C17H17N3O4S/c18-10-6-4-9(5-7-10)17(23)24-8-13(21)20-16-14(15(19)22)11-2-1-3-12(11)25-16/h4-7H,1-3,8,18H2,(H2,19,22)(H,20,21). The normalized spacial score (nSPS) is 12.5. The van der Waals surface area contributed by atoms with Gasteiger partial charge in [0.05, 0.1) is 11.1 Å². The number of carbonyl (C=O) groups is 3. The van der Waals surface area contributed by atoms with E-state index in [9.17, 15) is 14.4 Å². The Labute approximate surface area is 148 Å². The molecule has 7 nitrogen and oxygen atoms in total. The van der Waals surface area contributed by atoms with Gasteiger partial charge in [0.1, 0.15) is 5.00 Å². The zero-order valence-corrected chi connectivity index (χ0v) is 14.2. The molecule has 0 radical (unpaired) electrons. The summed E-state index contributed by atoms with van der Waals surface area (Å²) in [4.78, 5) is 36.7. The van der Waals surface area contributed by atoms with Gasteiger partial charge in [0.15, 0.2) is 6.61 Å². The molecule has 0 saturated heterocycles. The molecular weight excluding hydrogens is 342 g/mol. The Hall–Kier alpha value is -2.87. The van der Waals surface area contributed by atoms with Crippen molar-refractivity contribution in [3.05, 3.63) is 45.8 Å². The highest BCUT2D eigenvalue weighted by Crippen LogP contribution is 2.38. The molecule has 2 aromatic rings. The maximum Gasteiger partial charge on any atom is 0.338 e. The Bertz CT molecular complexity index is 842. The van der Waals surface area contributed by atoms with E-state index in [0.29, 0.717) is 21.8 Å². The first-order valence-electron chi connectivity index (χ1n) is 7.72. The van der Waals surface area contributed by atoms with Crippen LogP contribution < -0.4 is 16.8 Å². The molecule has 0 saturated carbocycles. The van der Waals surface area contributed by atoms with E-state index in [1.54, 1.807) is 12.1 Å². The summed E-state index contributed by atoms with van der Waals surface area (Å²) < 4.78 is 4.98. The third-order valence-corrected chi connectivity index (χ3v) is 5.11. The van der Waals surface area contributed by atoms with E-state index < -0.39 is 24.4 Å². The number of carbonyl (C=O) groups excluding carboxylic acids is 3. The van der Waals surface area contributed by atoms with Crippen LogP contribution in [0.1, 0.15) is 37.6 Å². The Kier molecular flexibility index (Phi) is 4.71. The quantitative estimate of drug-likeness (QED) is 0.554. The Morgan fingerprint density at radius 3 is 2.56 bits per heavy atom. The van der Waals surface area contributed by atoms with Gasteiger partial charge in [-0.05, 0) is 49.1 Å². The van der Waals surface area contributed by atoms with E-state index in [0.717, 1.165) is 29.7 Å². The minimum absolute atomic E-state index is 0.301. The molecule has 1 aromatic heterocycles. The van der Waals surface area contributed by atoms with Gasteiger partial charge >= 0.3 is 5.97 Å². The van der Waals surface area contributed by atoms with Crippen molar-refractivity contribution >= 4 is 39.8 Å². The summed E-state index contributed by atoms with van der Waals surface area (Å²) in [6, 6.07) is 6.18. The number of anilines is 2. The van der Waals surface area contributed by atoms with Crippen molar-refractivity contribution in [2.75, 3.05) is 17.7 Å². The zero-order chi connectivity index (χ0) is 18.0. The number of nitrogens with one attached hydrogen (secondary N) is 1. The highest BCUT2D eigenvalue weighted by molar-refractivity contribution is 7.17. The van der Waals surface area contributed by atoms with Crippen LogP contribution in [-0.2, 0) is 22.4 Å². The Morgan fingerprint density at radius 2 is 1.88 bits per heavy atom. The third kappa shape index (κ3) is 3.63. The van der Waals surface area contributed by atoms with Crippen LogP contribution in [-0.4, -0.2) is 24.4 Å². The lowest BCUT2D eigenvalue weighted by atomic mass is 10.1. The summed E-state index contributed by atoms with van der Waals surface area (Å²) in [5.74, 6) is -1.71. The highest BCUT2D eigenvalue weighted by Gasteiger charge is 2.26. The van der Waals surface area contributed by atoms with E-state index >= 15 is 0 Å². The number of hydrogen-bond donors (Lipinski definition) is 3. The SMILES string of the molecule is NC(=O)c1c(NC(=O)COC(=O)c2ccc(N)cc2)sc2c1CCC2. The van der Waals surface area contributed by atoms with Gasteiger partial charge in [-0.2, -0.15) is 0 Å². The van der Waals surface area contributed by atoms with E-state index in [2.05, 4.69) is 5.32 Å². The molecule has 8 heteroatoms. The zero-order valence-electron chi connectivity index (χ0n) is 13.3. The number of aryl methyl sites for hydroxylation is 1. The lowest BCUT2D eigenvalue weighted by molar-refractivity contribution is -0.119. The molecule has 2 amide bonds. The van der Waals surface area contributed by atoms with Crippen molar-refractivity contribution in [3.8, 4) is 0 Å². The van der Waals surface area contributed by atoms with Crippen molar-refractivity contribution in [2.45, 2.75) is 19.3 Å². The number of benzene rings is 1. The summed E-state index contributed by atoms with van der Waals surface area (Å²) in [5.41, 5.74) is 13.1. The first kappa shape index (κ1) is 17.0. The van der Waals surface area contributed by atoms with E-state index in [1.807, 2.05) is 0 Å². The molecule has 1 aromatic carbocycles. The molecular formula is C17H17N3O4S. The summed E-state index contributed by atoms with van der Waals surface area (Å²) in [7, 11) is 0. The maximum absolute atomic E-state index is 12.1. The fraction of sp³-hybridized carbons (Fsp3) is 0.235. The van der Waals surface area contributed by atoms with Crippen LogP contribution in [0.5, 0.6) is 0 Å². The maximum atomic E-state index is 12.1. The molecule has 0 spiro atoms. The Balaban J connectivity index is 1.63. The summed E-state index contributed by atoms with van der Waals surface area (Å²) >= 11 is 1.35. The molecule has 3 rings (SSSR count). The Morgan fingerprint density at radius 1 is 1.16 bits per heavy atom. The molecule has 130 valence electrons. The van der Waals surface area contributed by atoms with Gasteiger partial charge in [-0.3, -0.25) is 9.59 Å². The predicted molar refractivity (Wildman–Crippen MR) is 94.6 cm³/mol. The largest absolute Gasteiger partial charge is 0.452 e. The number of rotatable bonds is 5. The van der Waals surface area contributed by atoms with Crippen molar-refractivity contribution in [1.82, 2.24) is 0 Å². The smallest absolute Gasteiger partial charge is 0.338 e. The highest BCUT2D eigenvalue weighted by atomic mass is 32.1. The summed E-state index contributed by atoms with van der Waals surface area (Å²) in [5, 5.41) is 3.04. The van der Waals surface area contributed by atoms with E-state index in [4.69, 9.17) is 16.2 Å². The summed E-state index contributed by atoms with van der Waals surface area (Å²) in [6.07, 6.45) is 2.64. The van der Waals surface area contributed by atoms with E-state index in [1.165, 1.54) is 23.5 Å². The monoisotopic (exact) mass is 359 g/mol.